The summed E-state index contributed by atoms with van der Waals surface area (Å²) < 4.78 is 30.9. The standard InChI is InChI=1S/C24H23F2N5O/c1-15-12-27-31(14-20-11-21(25)8-9-22(20)26)23(15)28-24(32)19-6-4-18(5-7-19)13-30-17(3)10-16(2)29-30/h4-12H,13-14H2,1-3H3,(H,28,32). The molecule has 0 radical (unpaired) electrons. The molecule has 0 atom stereocenters. The van der Waals surface area contributed by atoms with Crippen LogP contribution < -0.4 is 5.32 Å². The van der Waals surface area contributed by atoms with Crippen molar-refractivity contribution < 1.29 is 13.6 Å². The van der Waals surface area contributed by atoms with Crippen LogP contribution in [0.3, 0.4) is 0 Å². The molecule has 2 heterocycles. The molecule has 6 nitrogen and oxygen atoms in total. The molecule has 2 aromatic carbocycles. The summed E-state index contributed by atoms with van der Waals surface area (Å²) in [6, 6.07) is 12.6. The van der Waals surface area contributed by atoms with Crippen molar-refractivity contribution in [2.45, 2.75) is 33.9 Å². The molecule has 0 unspecified atom stereocenters. The Morgan fingerprint density at radius 3 is 2.41 bits per heavy atom. The number of aromatic nitrogens is 4. The van der Waals surface area contributed by atoms with Crippen LogP contribution in [0, 0.1) is 32.4 Å². The number of carbonyl (C=O) groups is 1. The van der Waals surface area contributed by atoms with Crippen LogP contribution in [0.15, 0.2) is 54.7 Å². The van der Waals surface area contributed by atoms with E-state index in [1.165, 1.54) is 4.68 Å². The van der Waals surface area contributed by atoms with Gasteiger partial charge in [-0.25, -0.2) is 13.5 Å². The van der Waals surface area contributed by atoms with Crippen molar-refractivity contribution in [3.63, 3.8) is 0 Å². The second-order valence-corrected chi connectivity index (χ2v) is 7.81. The predicted molar refractivity (Wildman–Crippen MR) is 118 cm³/mol. The molecule has 4 aromatic rings. The molecule has 1 amide bonds. The van der Waals surface area contributed by atoms with Crippen molar-refractivity contribution in [1.29, 1.82) is 0 Å². The summed E-state index contributed by atoms with van der Waals surface area (Å²) >= 11 is 0. The molecule has 0 saturated carbocycles. The third kappa shape index (κ3) is 4.59. The van der Waals surface area contributed by atoms with Gasteiger partial charge in [0.15, 0.2) is 0 Å². The lowest BCUT2D eigenvalue weighted by molar-refractivity contribution is 0.102. The Bertz CT molecular complexity index is 1270. The van der Waals surface area contributed by atoms with Gasteiger partial charge < -0.3 is 5.32 Å². The van der Waals surface area contributed by atoms with Gasteiger partial charge >= 0.3 is 0 Å². The maximum atomic E-state index is 14.0. The van der Waals surface area contributed by atoms with Gasteiger partial charge in [-0.1, -0.05) is 12.1 Å². The van der Waals surface area contributed by atoms with E-state index in [-0.39, 0.29) is 18.0 Å². The Morgan fingerprint density at radius 2 is 1.72 bits per heavy atom. The largest absolute Gasteiger partial charge is 0.307 e. The monoisotopic (exact) mass is 435 g/mol. The van der Waals surface area contributed by atoms with E-state index in [2.05, 4.69) is 15.5 Å². The summed E-state index contributed by atoms with van der Waals surface area (Å²) in [6.07, 6.45) is 1.57. The van der Waals surface area contributed by atoms with Crippen molar-refractivity contribution in [2.75, 3.05) is 5.32 Å². The van der Waals surface area contributed by atoms with Crippen LogP contribution in [0.25, 0.3) is 0 Å². The lowest BCUT2D eigenvalue weighted by atomic mass is 10.1. The number of carbonyl (C=O) groups excluding carboxylic acids is 1. The highest BCUT2D eigenvalue weighted by molar-refractivity contribution is 6.04. The van der Waals surface area contributed by atoms with E-state index >= 15 is 0 Å². The summed E-state index contributed by atoms with van der Waals surface area (Å²) in [4.78, 5) is 12.8. The Balaban J connectivity index is 1.49. The van der Waals surface area contributed by atoms with E-state index in [0.717, 1.165) is 40.7 Å². The number of nitrogens with zero attached hydrogens (tertiary/aromatic N) is 4. The Hall–Kier alpha value is -3.81. The minimum Gasteiger partial charge on any atom is -0.307 e. The van der Waals surface area contributed by atoms with E-state index in [0.29, 0.717) is 17.9 Å². The summed E-state index contributed by atoms with van der Waals surface area (Å²) in [6.45, 7) is 6.36. The quantitative estimate of drug-likeness (QED) is 0.480. The third-order valence-electron chi connectivity index (χ3n) is 5.23. The summed E-state index contributed by atoms with van der Waals surface area (Å²) in [7, 11) is 0. The topological polar surface area (TPSA) is 64.7 Å². The molecule has 0 aliphatic heterocycles. The molecule has 0 saturated heterocycles. The zero-order valence-electron chi connectivity index (χ0n) is 18.1. The van der Waals surface area contributed by atoms with Crippen LogP contribution in [0.2, 0.25) is 0 Å². The first-order valence-electron chi connectivity index (χ1n) is 10.2. The second-order valence-electron chi connectivity index (χ2n) is 7.81. The van der Waals surface area contributed by atoms with Crippen molar-refractivity contribution >= 4 is 11.7 Å². The smallest absolute Gasteiger partial charge is 0.256 e. The molecule has 32 heavy (non-hydrogen) atoms. The fourth-order valence-electron chi connectivity index (χ4n) is 3.54. The molecule has 0 fully saturated rings. The highest BCUT2D eigenvalue weighted by Gasteiger charge is 2.15. The number of benzene rings is 2. The molecule has 0 aliphatic rings. The first kappa shape index (κ1) is 21.4. The number of halogens is 2. The highest BCUT2D eigenvalue weighted by Crippen LogP contribution is 2.19. The number of anilines is 1. The van der Waals surface area contributed by atoms with Gasteiger partial charge in [0, 0.05) is 22.4 Å². The maximum Gasteiger partial charge on any atom is 0.256 e. The lowest BCUT2D eigenvalue weighted by Crippen LogP contribution is -2.17. The molecule has 0 spiro atoms. The third-order valence-corrected chi connectivity index (χ3v) is 5.23. The number of aryl methyl sites for hydroxylation is 3. The normalized spacial score (nSPS) is 11.0. The van der Waals surface area contributed by atoms with Gasteiger partial charge in [0.2, 0.25) is 0 Å². The van der Waals surface area contributed by atoms with E-state index in [1.807, 2.05) is 36.7 Å². The van der Waals surface area contributed by atoms with Crippen LogP contribution in [-0.2, 0) is 13.1 Å². The minimum absolute atomic E-state index is 0.00533. The van der Waals surface area contributed by atoms with Crippen LogP contribution in [0.4, 0.5) is 14.6 Å². The van der Waals surface area contributed by atoms with Gasteiger partial charge in [-0.2, -0.15) is 10.2 Å². The summed E-state index contributed by atoms with van der Waals surface area (Å²) in [5, 5.41) is 11.5. The fraction of sp³-hybridized carbons (Fsp3) is 0.208. The predicted octanol–water partition coefficient (Wildman–Crippen LogP) is 4.63. The molecular weight excluding hydrogens is 412 g/mol. The molecule has 8 heteroatoms. The SMILES string of the molecule is Cc1cc(C)n(Cc2ccc(C(=O)Nc3c(C)cnn3Cc3cc(F)ccc3F)cc2)n1. The number of amides is 1. The van der Waals surface area contributed by atoms with Gasteiger partial charge in [-0.3, -0.25) is 9.48 Å². The van der Waals surface area contributed by atoms with E-state index in [4.69, 9.17) is 0 Å². The number of hydrogen-bond acceptors (Lipinski definition) is 3. The van der Waals surface area contributed by atoms with Crippen LogP contribution in [0.5, 0.6) is 0 Å². The summed E-state index contributed by atoms with van der Waals surface area (Å²) in [5.74, 6) is -0.941. The molecule has 164 valence electrons. The van der Waals surface area contributed by atoms with Gasteiger partial charge in [-0.15, -0.1) is 0 Å². The van der Waals surface area contributed by atoms with Gasteiger partial charge in [0.25, 0.3) is 5.91 Å². The van der Waals surface area contributed by atoms with Crippen LogP contribution in [0.1, 0.15) is 38.4 Å². The fourth-order valence-corrected chi connectivity index (χ4v) is 3.54. The molecular formula is C24H23F2N5O. The average Bonchev–Trinajstić information content (AvgIpc) is 3.26. The van der Waals surface area contributed by atoms with E-state index in [9.17, 15) is 13.6 Å². The van der Waals surface area contributed by atoms with Gasteiger partial charge in [0.05, 0.1) is 25.0 Å². The average molecular weight is 435 g/mol. The van der Waals surface area contributed by atoms with E-state index in [1.54, 1.807) is 25.3 Å². The molecule has 0 aliphatic carbocycles. The Kier molecular flexibility index (Phi) is 5.85. The van der Waals surface area contributed by atoms with Crippen molar-refractivity contribution in [2.24, 2.45) is 0 Å². The van der Waals surface area contributed by atoms with Crippen molar-refractivity contribution in [3.05, 3.63) is 100 Å². The Labute approximate surface area is 184 Å². The molecule has 2 aromatic heterocycles. The number of hydrogen-bond donors (Lipinski definition) is 1. The first-order valence-corrected chi connectivity index (χ1v) is 10.2. The number of rotatable bonds is 6. The van der Waals surface area contributed by atoms with Gasteiger partial charge in [0.1, 0.15) is 17.5 Å². The van der Waals surface area contributed by atoms with Crippen molar-refractivity contribution in [1.82, 2.24) is 19.6 Å². The number of nitrogens with one attached hydrogen (secondary N) is 1. The lowest BCUT2D eigenvalue weighted by Gasteiger charge is -2.12. The highest BCUT2D eigenvalue weighted by atomic mass is 19.1. The van der Waals surface area contributed by atoms with Crippen LogP contribution in [-0.4, -0.2) is 25.5 Å². The van der Waals surface area contributed by atoms with Crippen molar-refractivity contribution in [3.8, 4) is 0 Å². The summed E-state index contributed by atoms with van der Waals surface area (Å²) in [5.41, 5.74) is 4.40. The maximum absolute atomic E-state index is 14.0. The second kappa shape index (κ2) is 8.74. The first-order chi connectivity index (χ1) is 15.3. The molecule has 4 rings (SSSR count). The molecule has 1 N–H and O–H groups in total. The van der Waals surface area contributed by atoms with Gasteiger partial charge in [-0.05, 0) is 62.7 Å². The van der Waals surface area contributed by atoms with E-state index < -0.39 is 11.6 Å². The zero-order chi connectivity index (χ0) is 22.8. The Morgan fingerprint density at radius 1 is 0.969 bits per heavy atom. The minimum atomic E-state index is -0.532. The van der Waals surface area contributed by atoms with Crippen LogP contribution >= 0.6 is 0 Å². The molecule has 0 bridgehead atoms. The zero-order valence-corrected chi connectivity index (χ0v) is 18.1.